The fourth-order valence-electron chi connectivity index (χ4n) is 4.72. The number of hydrogen-bond donors (Lipinski definition) is 2. The van der Waals surface area contributed by atoms with Crippen molar-refractivity contribution in [1.82, 2.24) is 14.8 Å². The first-order valence-corrected chi connectivity index (χ1v) is 9.77. The Bertz CT molecular complexity index is 886. The van der Waals surface area contributed by atoms with Crippen LogP contribution in [0.15, 0.2) is 24.3 Å². The number of H-pyrrole nitrogens is 1. The topological polar surface area (TPSA) is 76.6 Å². The van der Waals surface area contributed by atoms with Gasteiger partial charge in [-0.25, -0.2) is 0 Å². The van der Waals surface area contributed by atoms with Gasteiger partial charge < -0.3 is 19.9 Å². The van der Waals surface area contributed by atoms with Gasteiger partial charge >= 0.3 is 0 Å². The lowest BCUT2D eigenvalue weighted by Crippen LogP contribution is -2.67. The number of para-hydroxylation sites is 1. The minimum absolute atomic E-state index is 0.0102. The third kappa shape index (κ3) is 2.83. The second-order valence-corrected chi connectivity index (χ2v) is 8.11. The minimum atomic E-state index is -0.549. The molecular formula is C21H27N3O3. The number of aliphatic hydroxyl groups excluding tert-OH is 1. The maximum atomic E-state index is 13.2. The molecule has 1 aromatic heterocycles. The van der Waals surface area contributed by atoms with Crippen molar-refractivity contribution in [3.8, 4) is 0 Å². The van der Waals surface area contributed by atoms with Crippen LogP contribution in [0.4, 0.5) is 0 Å². The van der Waals surface area contributed by atoms with Crippen LogP contribution in [0.5, 0.6) is 0 Å². The predicted molar refractivity (Wildman–Crippen MR) is 103 cm³/mol. The van der Waals surface area contributed by atoms with E-state index in [2.05, 4.69) is 11.1 Å². The number of fused-ring (bicyclic) bond motifs is 4. The lowest BCUT2D eigenvalue weighted by Gasteiger charge is -2.51. The van der Waals surface area contributed by atoms with E-state index in [0.29, 0.717) is 13.0 Å². The Balaban J connectivity index is 1.67. The van der Waals surface area contributed by atoms with Crippen molar-refractivity contribution >= 4 is 22.7 Å². The Morgan fingerprint density at radius 3 is 2.74 bits per heavy atom. The van der Waals surface area contributed by atoms with Gasteiger partial charge in [0.25, 0.3) is 0 Å². The fourth-order valence-corrected chi connectivity index (χ4v) is 4.72. The van der Waals surface area contributed by atoms with Crippen molar-refractivity contribution in [2.24, 2.45) is 0 Å². The Morgan fingerprint density at radius 2 is 1.96 bits per heavy atom. The molecule has 2 aliphatic rings. The van der Waals surface area contributed by atoms with E-state index in [9.17, 15) is 9.59 Å². The highest BCUT2D eigenvalue weighted by Crippen LogP contribution is 2.42. The normalized spacial score (nSPS) is 21.5. The van der Waals surface area contributed by atoms with Gasteiger partial charge in [-0.2, -0.15) is 0 Å². The summed E-state index contributed by atoms with van der Waals surface area (Å²) in [7, 11) is 0. The Labute approximate surface area is 159 Å². The molecule has 0 aliphatic carbocycles. The summed E-state index contributed by atoms with van der Waals surface area (Å²) in [6.45, 7) is 4.94. The third-order valence-corrected chi connectivity index (χ3v) is 6.01. The van der Waals surface area contributed by atoms with Gasteiger partial charge in [0.05, 0.1) is 12.1 Å². The summed E-state index contributed by atoms with van der Waals surface area (Å²) in [6, 6.07) is 7.69. The van der Waals surface area contributed by atoms with Gasteiger partial charge in [-0.1, -0.05) is 18.2 Å². The highest BCUT2D eigenvalue weighted by molar-refractivity contribution is 5.97. The average Bonchev–Trinajstić information content (AvgIpc) is 3.02. The first-order valence-electron chi connectivity index (χ1n) is 9.77. The number of aromatic nitrogens is 1. The Hall–Kier alpha value is -2.34. The number of nitrogens with zero attached hydrogens (tertiary/aromatic N) is 2. The molecule has 1 atom stereocenters. The van der Waals surface area contributed by atoms with E-state index >= 15 is 0 Å². The number of carbonyl (C=O) groups excluding carboxylic acids is 2. The largest absolute Gasteiger partial charge is 0.396 e. The quantitative estimate of drug-likeness (QED) is 0.793. The number of nitrogens with one attached hydrogen (secondary N) is 1. The average molecular weight is 369 g/mol. The summed E-state index contributed by atoms with van der Waals surface area (Å²) in [6.07, 6.45) is 2.96. The number of carbonyl (C=O) groups is 2. The van der Waals surface area contributed by atoms with Crippen LogP contribution in [0, 0.1) is 0 Å². The maximum absolute atomic E-state index is 13.2. The number of hydrogen-bond acceptors (Lipinski definition) is 3. The number of piperazine rings is 1. The molecule has 1 aromatic carbocycles. The molecule has 1 saturated heterocycles. The standard InChI is InChI=1S/C21H27N3O3/c1-21(2)19-15(14-8-4-5-9-16(14)22-19)12-17-20(27)23(10-6-3-7-11-25)13-18(26)24(17)21/h4-5,8-9,17,22,25H,3,6-7,10-13H2,1-2H3. The summed E-state index contributed by atoms with van der Waals surface area (Å²) in [4.78, 5) is 33.2. The van der Waals surface area contributed by atoms with Crippen molar-refractivity contribution < 1.29 is 14.7 Å². The summed E-state index contributed by atoms with van der Waals surface area (Å²) in [5, 5.41) is 10.1. The second-order valence-electron chi connectivity index (χ2n) is 8.11. The van der Waals surface area contributed by atoms with Crippen molar-refractivity contribution in [3.05, 3.63) is 35.5 Å². The van der Waals surface area contributed by atoms with Crippen LogP contribution in [-0.2, 0) is 21.5 Å². The van der Waals surface area contributed by atoms with Gasteiger partial charge in [-0.15, -0.1) is 0 Å². The van der Waals surface area contributed by atoms with E-state index in [0.717, 1.165) is 41.4 Å². The summed E-state index contributed by atoms with van der Waals surface area (Å²) >= 11 is 0. The van der Waals surface area contributed by atoms with E-state index in [1.54, 1.807) is 9.80 Å². The second kappa shape index (κ2) is 6.68. The molecule has 0 bridgehead atoms. The molecule has 0 radical (unpaired) electrons. The zero-order valence-corrected chi connectivity index (χ0v) is 16.0. The molecule has 2 N–H and O–H groups in total. The molecule has 27 heavy (non-hydrogen) atoms. The zero-order chi connectivity index (χ0) is 19.2. The molecule has 6 nitrogen and oxygen atoms in total. The van der Waals surface area contributed by atoms with Crippen LogP contribution in [0.25, 0.3) is 10.9 Å². The molecule has 2 aliphatic heterocycles. The van der Waals surface area contributed by atoms with E-state index in [4.69, 9.17) is 5.11 Å². The SMILES string of the molecule is CC1(C)c2[nH]c3ccccc3c2CC2C(=O)N(CCCCCO)CC(=O)N21. The first-order chi connectivity index (χ1) is 12.9. The smallest absolute Gasteiger partial charge is 0.246 e. The van der Waals surface area contributed by atoms with Crippen molar-refractivity contribution in [1.29, 1.82) is 0 Å². The highest BCUT2D eigenvalue weighted by Gasteiger charge is 2.51. The molecule has 1 unspecified atom stereocenters. The van der Waals surface area contributed by atoms with E-state index in [1.807, 2.05) is 32.0 Å². The summed E-state index contributed by atoms with van der Waals surface area (Å²) in [5.41, 5.74) is 2.70. The lowest BCUT2D eigenvalue weighted by atomic mass is 9.82. The van der Waals surface area contributed by atoms with Crippen LogP contribution in [0.1, 0.15) is 44.4 Å². The zero-order valence-electron chi connectivity index (χ0n) is 16.0. The summed E-state index contributed by atoms with van der Waals surface area (Å²) < 4.78 is 0. The fraction of sp³-hybridized carbons (Fsp3) is 0.524. The minimum Gasteiger partial charge on any atom is -0.396 e. The molecule has 0 spiro atoms. The van der Waals surface area contributed by atoms with Gasteiger partial charge in [-0.3, -0.25) is 9.59 Å². The predicted octanol–water partition coefficient (Wildman–Crippen LogP) is 2.16. The molecule has 3 heterocycles. The summed E-state index contributed by atoms with van der Waals surface area (Å²) in [5.74, 6) is 0.0543. The van der Waals surface area contributed by atoms with Crippen molar-refractivity contribution in [2.45, 2.75) is 51.1 Å². The molecule has 2 aromatic rings. The molecule has 1 fully saturated rings. The van der Waals surface area contributed by atoms with Gasteiger partial charge in [-0.05, 0) is 44.7 Å². The lowest BCUT2D eigenvalue weighted by molar-refractivity contribution is -0.163. The van der Waals surface area contributed by atoms with Crippen LogP contribution in [0.2, 0.25) is 0 Å². The molecule has 6 heteroatoms. The Kier molecular flexibility index (Phi) is 4.46. The Morgan fingerprint density at radius 1 is 1.19 bits per heavy atom. The van der Waals surface area contributed by atoms with Crippen LogP contribution < -0.4 is 0 Å². The van der Waals surface area contributed by atoms with E-state index in [-0.39, 0.29) is 25.0 Å². The van der Waals surface area contributed by atoms with Crippen LogP contribution in [0.3, 0.4) is 0 Å². The molecular weight excluding hydrogens is 342 g/mol. The van der Waals surface area contributed by atoms with Gasteiger partial charge in [0.15, 0.2) is 0 Å². The van der Waals surface area contributed by atoms with Crippen LogP contribution in [-0.4, -0.2) is 57.4 Å². The number of amides is 2. The van der Waals surface area contributed by atoms with Crippen molar-refractivity contribution in [2.75, 3.05) is 19.7 Å². The molecule has 0 saturated carbocycles. The third-order valence-electron chi connectivity index (χ3n) is 6.01. The maximum Gasteiger partial charge on any atom is 0.246 e. The number of unbranched alkanes of at least 4 members (excludes halogenated alkanes) is 2. The van der Waals surface area contributed by atoms with Gasteiger partial charge in [0, 0.05) is 36.2 Å². The van der Waals surface area contributed by atoms with Gasteiger partial charge in [0.2, 0.25) is 11.8 Å². The molecule has 144 valence electrons. The first kappa shape index (κ1) is 18.0. The van der Waals surface area contributed by atoms with Gasteiger partial charge in [0.1, 0.15) is 6.04 Å². The number of benzene rings is 1. The molecule has 4 rings (SSSR count). The van der Waals surface area contributed by atoms with E-state index < -0.39 is 11.6 Å². The van der Waals surface area contributed by atoms with Crippen molar-refractivity contribution in [3.63, 3.8) is 0 Å². The number of aliphatic hydroxyl groups is 1. The number of rotatable bonds is 5. The number of aromatic amines is 1. The van der Waals surface area contributed by atoms with E-state index in [1.165, 1.54) is 0 Å². The monoisotopic (exact) mass is 369 g/mol. The van der Waals surface area contributed by atoms with Crippen LogP contribution >= 0.6 is 0 Å². The molecule has 2 amide bonds. The highest BCUT2D eigenvalue weighted by atomic mass is 16.3.